The highest BCUT2D eigenvalue weighted by Gasteiger charge is 2.20. The summed E-state index contributed by atoms with van der Waals surface area (Å²) in [6.45, 7) is 0. The van der Waals surface area contributed by atoms with Crippen LogP contribution in [0, 0.1) is 0 Å². The van der Waals surface area contributed by atoms with Crippen molar-refractivity contribution in [2.24, 2.45) is 5.73 Å². The van der Waals surface area contributed by atoms with Gasteiger partial charge in [0.2, 0.25) is 0 Å². The normalized spacial score (nSPS) is 11.6. The Morgan fingerprint density at radius 2 is 1.79 bits per heavy atom. The molecule has 7 heteroatoms. The Balaban J connectivity index is 2.54. The molecular weight excluding hydrogens is 252 g/mol. The lowest BCUT2D eigenvalue weighted by Crippen LogP contribution is -2.34. The highest BCUT2D eigenvalue weighted by Crippen LogP contribution is 2.08. The SMILES string of the molecule is Nc1ccc(C(=O)OC(=O)[C@H](N)CCC(=O)O)cc1. The Hall–Kier alpha value is -2.41. The number of esters is 2. The minimum absolute atomic E-state index is 0.0941. The molecule has 0 aromatic heterocycles. The molecule has 102 valence electrons. The van der Waals surface area contributed by atoms with Crippen LogP contribution in [0.15, 0.2) is 24.3 Å². The lowest BCUT2D eigenvalue weighted by molar-refractivity contribution is -0.140. The van der Waals surface area contributed by atoms with Gasteiger partial charge < -0.3 is 21.3 Å². The number of carboxylic acid groups (broad SMARTS) is 1. The molecule has 1 aromatic carbocycles. The van der Waals surface area contributed by atoms with E-state index in [4.69, 9.17) is 16.6 Å². The number of hydrogen-bond acceptors (Lipinski definition) is 6. The second-order valence-corrected chi connectivity index (χ2v) is 3.87. The van der Waals surface area contributed by atoms with Crippen LogP contribution in [0.2, 0.25) is 0 Å². The van der Waals surface area contributed by atoms with Gasteiger partial charge in [-0.15, -0.1) is 0 Å². The van der Waals surface area contributed by atoms with E-state index in [1.54, 1.807) is 0 Å². The molecular formula is C12H14N2O5. The molecule has 0 aliphatic rings. The van der Waals surface area contributed by atoms with Gasteiger partial charge in [-0.3, -0.25) is 4.79 Å². The van der Waals surface area contributed by atoms with E-state index in [0.29, 0.717) is 5.69 Å². The van der Waals surface area contributed by atoms with Gasteiger partial charge in [-0.2, -0.15) is 0 Å². The number of carbonyl (C=O) groups excluding carboxylic acids is 2. The number of nitrogens with two attached hydrogens (primary N) is 2. The van der Waals surface area contributed by atoms with Crippen molar-refractivity contribution in [2.45, 2.75) is 18.9 Å². The maximum atomic E-state index is 11.6. The Kier molecular flexibility index (Phi) is 5.01. The standard InChI is InChI=1S/C12H14N2O5/c13-8-3-1-7(2-4-8)11(17)19-12(18)9(14)5-6-10(15)16/h1-4,9H,5-6,13-14H2,(H,15,16)/t9-/m1/s1. The topological polar surface area (TPSA) is 133 Å². The first-order chi connectivity index (χ1) is 8.90. The molecule has 0 saturated heterocycles. The van der Waals surface area contributed by atoms with Gasteiger partial charge in [0.1, 0.15) is 6.04 Å². The van der Waals surface area contributed by atoms with Gasteiger partial charge in [0, 0.05) is 12.1 Å². The van der Waals surface area contributed by atoms with Crippen molar-refractivity contribution in [3.63, 3.8) is 0 Å². The predicted octanol–water partition coefficient (Wildman–Crippen LogP) is 0.144. The molecule has 0 aliphatic heterocycles. The minimum Gasteiger partial charge on any atom is -0.481 e. The van der Waals surface area contributed by atoms with Crippen LogP contribution < -0.4 is 11.5 Å². The number of carbonyl (C=O) groups is 3. The van der Waals surface area contributed by atoms with Gasteiger partial charge in [0.15, 0.2) is 0 Å². The van der Waals surface area contributed by atoms with Gasteiger partial charge in [0.25, 0.3) is 0 Å². The quantitative estimate of drug-likeness (QED) is 0.392. The summed E-state index contributed by atoms with van der Waals surface area (Å²) < 4.78 is 4.53. The van der Waals surface area contributed by atoms with E-state index < -0.39 is 23.9 Å². The largest absolute Gasteiger partial charge is 0.481 e. The lowest BCUT2D eigenvalue weighted by Gasteiger charge is -2.09. The van der Waals surface area contributed by atoms with Crippen LogP contribution in [0.3, 0.4) is 0 Å². The Labute approximate surface area is 109 Å². The van der Waals surface area contributed by atoms with Gasteiger partial charge in [-0.25, -0.2) is 9.59 Å². The number of hydrogen-bond donors (Lipinski definition) is 3. The third-order valence-corrected chi connectivity index (χ3v) is 2.31. The van der Waals surface area contributed by atoms with Crippen molar-refractivity contribution in [3.05, 3.63) is 29.8 Å². The zero-order valence-electron chi connectivity index (χ0n) is 10.0. The summed E-state index contributed by atoms with van der Waals surface area (Å²) in [4.78, 5) is 33.3. The molecule has 0 spiro atoms. The van der Waals surface area contributed by atoms with E-state index >= 15 is 0 Å². The summed E-state index contributed by atoms with van der Waals surface area (Å²) >= 11 is 0. The minimum atomic E-state index is -1.14. The van der Waals surface area contributed by atoms with Crippen LogP contribution in [0.5, 0.6) is 0 Å². The molecule has 1 atom stereocenters. The van der Waals surface area contributed by atoms with Crippen molar-refractivity contribution in [1.29, 1.82) is 0 Å². The second kappa shape index (κ2) is 6.50. The van der Waals surface area contributed by atoms with Crippen LogP contribution >= 0.6 is 0 Å². The number of ether oxygens (including phenoxy) is 1. The first-order valence-corrected chi connectivity index (χ1v) is 5.49. The second-order valence-electron chi connectivity index (χ2n) is 3.87. The van der Waals surface area contributed by atoms with E-state index in [-0.39, 0.29) is 18.4 Å². The number of nitrogen functional groups attached to an aromatic ring is 1. The van der Waals surface area contributed by atoms with Crippen molar-refractivity contribution >= 4 is 23.6 Å². The molecule has 1 rings (SSSR count). The van der Waals surface area contributed by atoms with E-state index in [2.05, 4.69) is 4.74 Å². The van der Waals surface area contributed by atoms with Crippen molar-refractivity contribution < 1.29 is 24.2 Å². The van der Waals surface area contributed by atoms with Crippen molar-refractivity contribution in [2.75, 3.05) is 5.73 Å². The maximum Gasteiger partial charge on any atom is 0.345 e. The smallest absolute Gasteiger partial charge is 0.345 e. The van der Waals surface area contributed by atoms with E-state index in [1.807, 2.05) is 0 Å². The zero-order chi connectivity index (χ0) is 14.4. The van der Waals surface area contributed by atoms with E-state index in [1.165, 1.54) is 24.3 Å². The third-order valence-electron chi connectivity index (χ3n) is 2.31. The van der Waals surface area contributed by atoms with Gasteiger partial charge in [-0.1, -0.05) is 0 Å². The van der Waals surface area contributed by atoms with Crippen LogP contribution in [0.1, 0.15) is 23.2 Å². The first kappa shape index (κ1) is 14.7. The monoisotopic (exact) mass is 266 g/mol. The predicted molar refractivity (Wildman–Crippen MR) is 66.1 cm³/mol. The summed E-state index contributed by atoms with van der Waals surface area (Å²) in [5.41, 5.74) is 11.5. The van der Waals surface area contributed by atoms with Crippen LogP contribution in [-0.4, -0.2) is 29.1 Å². The summed E-state index contributed by atoms with van der Waals surface area (Å²) in [6.07, 6.45) is -0.366. The molecule has 0 heterocycles. The number of anilines is 1. The summed E-state index contributed by atoms with van der Waals surface area (Å²) in [6, 6.07) is 4.66. The molecule has 0 fully saturated rings. The van der Waals surface area contributed by atoms with Gasteiger partial charge in [0.05, 0.1) is 5.56 Å². The summed E-state index contributed by atoms with van der Waals surface area (Å²) in [7, 11) is 0. The average Bonchev–Trinajstić information content (AvgIpc) is 2.36. The highest BCUT2D eigenvalue weighted by molar-refractivity contribution is 5.98. The lowest BCUT2D eigenvalue weighted by atomic mass is 10.1. The molecule has 0 bridgehead atoms. The molecule has 1 aromatic rings. The molecule has 0 amide bonds. The van der Waals surface area contributed by atoms with Gasteiger partial charge >= 0.3 is 17.9 Å². The molecule has 0 unspecified atom stereocenters. The number of aliphatic carboxylic acids is 1. The number of benzene rings is 1. The molecule has 0 aliphatic carbocycles. The average molecular weight is 266 g/mol. The molecule has 0 radical (unpaired) electrons. The summed E-state index contributed by atoms with van der Waals surface area (Å²) in [5, 5.41) is 8.44. The van der Waals surface area contributed by atoms with Crippen molar-refractivity contribution in [1.82, 2.24) is 0 Å². The van der Waals surface area contributed by atoms with E-state index in [9.17, 15) is 14.4 Å². The molecule has 5 N–H and O–H groups in total. The highest BCUT2D eigenvalue weighted by atomic mass is 16.6. The van der Waals surface area contributed by atoms with Crippen LogP contribution in [-0.2, 0) is 14.3 Å². The van der Waals surface area contributed by atoms with Crippen LogP contribution in [0.4, 0.5) is 5.69 Å². The number of rotatable bonds is 5. The molecule has 0 saturated carbocycles. The zero-order valence-corrected chi connectivity index (χ0v) is 10.0. The Morgan fingerprint density at radius 3 is 2.32 bits per heavy atom. The van der Waals surface area contributed by atoms with Crippen LogP contribution in [0.25, 0.3) is 0 Å². The fraction of sp³-hybridized carbons (Fsp3) is 0.250. The third kappa shape index (κ3) is 4.76. The number of carboxylic acids is 1. The fourth-order valence-electron chi connectivity index (χ4n) is 1.24. The first-order valence-electron chi connectivity index (χ1n) is 5.49. The van der Waals surface area contributed by atoms with Gasteiger partial charge in [-0.05, 0) is 30.7 Å². The molecule has 7 nitrogen and oxygen atoms in total. The molecule has 19 heavy (non-hydrogen) atoms. The fourth-order valence-corrected chi connectivity index (χ4v) is 1.24. The Bertz CT molecular complexity index is 483. The van der Waals surface area contributed by atoms with E-state index in [0.717, 1.165) is 0 Å². The maximum absolute atomic E-state index is 11.6. The van der Waals surface area contributed by atoms with Crippen molar-refractivity contribution in [3.8, 4) is 0 Å². The summed E-state index contributed by atoms with van der Waals surface area (Å²) in [5.74, 6) is -2.88. The Morgan fingerprint density at radius 1 is 1.21 bits per heavy atom.